The Bertz CT molecular complexity index is 592. The normalized spacial score (nSPS) is 15.0. The second-order valence-electron chi connectivity index (χ2n) is 5.01. The Kier molecular flexibility index (Phi) is 4.21. The first-order valence-corrected chi connectivity index (χ1v) is 6.70. The number of hydrogen-bond acceptors (Lipinski definition) is 5. The summed E-state index contributed by atoms with van der Waals surface area (Å²) in [6, 6.07) is 4.64. The van der Waals surface area contributed by atoms with Crippen LogP contribution in [-0.2, 0) is 4.79 Å². The lowest BCUT2D eigenvalue weighted by Gasteiger charge is -2.35. The minimum atomic E-state index is -0.536. The maximum absolute atomic E-state index is 11.4. The number of nitrogens with zero attached hydrogens (tertiary/aromatic N) is 3. The van der Waals surface area contributed by atoms with Gasteiger partial charge in [0.05, 0.1) is 10.5 Å². The maximum Gasteiger partial charge on any atom is 0.282 e. The van der Waals surface area contributed by atoms with Crippen molar-refractivity contribution in [3.8, 4) is 0 Å². The minimum absolute atomic E-state index is 0.0348. The Balaban J connectivity index is 2.22. The summed E-state index contributed by atoms with van der Waals surface area (Å²) in [7, 11) is 0. The van der Waals surface area contributed by atoms with Gasteiger partial charge in [-0.3, -0.25) is 19.7 Å². The molecular weight excluding hydrogens is 274 g/mol. The lowest BCUT2D eigenvalue weighted by molar-refractivity contribution is -0.385. The van der Waals surface area contributed by atoms with Crippen LogP contribution < -0.4 is 4.90 Å². The Morgan fingerprint density at radius 2 is 1.76 bits per heavy atom. The van der Waals surface area contributed by atoms with E-state index in [1.54, 1.807) is 11.0 Å². The highest BCUT2D eigenvalue weighted by molar-refractivity contribution is 5.98. The Morgan fingerprint density at radius 3 is 2.24 bits per heavy atom. The number of carbonyl (C=O) groups is 2. The molecule has 1 heterocycles. The van der Waals surface area contributed by atoms with Gasteiger partial charge in [-0.05, 0) is 19.1 Å². The van der Waals surface area contributed by atoms with E-state index in [1.165, 1.54) is 26.0 Å². The predicted octanol–water partition coefficient (Wildman–Crippen LogP) is 1.47. The molecule has 1 aliphatic heterocycles. The fourth-order valence-electron chi connectivity index (χ4n) is 2.45. The van der Waals surface area contributed by atoms with Gasteiger partial charge in [0, 0.05) is 44.9 Å². The molecule has 0 spiro atoms. The van der Waals surface area contributed by atoms with Gasteiger partial charge in [0.25, 0.3) is 5.69 Å². The third kappa shape index (κ3) is 3.18. The van der Waals surface area contributed by atoms with Gasteiger partial charge in [0.2, 0.25) is 5.91 Å². The highest BCUT2D eigenvalue weighted by atomic mass is 16.6. The standard InChI is InChI=1S/C14H17N3O4/c1-10(18)13-4-3-12(9-14(13)17(20)21)16-7-5-15(6-8-16)11(2)19/h3-4,9H,5-8H2,1-2H3. The van der Waals surface area contributed by atoms with Gasteiger partial charge in [-0.1, -0.05) is 0 Å². The monoisotopic (exact) mass is 291 g/mol. The molecule has 0 N–H and O–H groups in total. The Labute approximate surface area is 122 Å². The summed E-state index contributed by atoms with van der Waals surface area (Å²) in [5.74, 6) is -0.290. The molecule has 21 heavy (non-hydrogen) atoms. The van der Waals surface area contributed by atoms with Crippen LogP contribution in [0, 0.1) is 10.1 Å². The summed E-state index contributed by atoms with van der Waals surface area (Å²) >= 11 is 0. The molecule has 1 aromatic carbocycles. The third-order valence-corrected chi connectivity index (χ3v) is 3.65. The quantitative estimate of drug-likeness (QED) is 0.478. The molecule has 1 aromatic rings. The van der Waals surface area contributed by atoms with Crippen molar-refractivity contribution in [2.75, 3.05) is 31.1 Å². The van der Waals surface area contributed by atoms with E-state index in [4.69, 9.17) is 0 Å². The maximum atomic E-state index is 11.4. The van der Waals surface area contributed by atoms with Crippen LogP contribution in [0.5, 0.6) is 0 Å². The van der Waals surface area contributed by atoms with Crippen LogP contribution >= 0.6 is 0 Å². The topological polar surface area (TPSA) is 83.8 Å². The number of amides is 1. The van der Waals surface area contributed by atoms with Crippen molar-refractivity contribution in [3.63, 3.8) is 0 Å². The molecule has 1 saturated heterocycles. The average Bonchev–Trinajstić information content (AvgIpc) is 2.46. The molecule has 0 atom stereocenters. The lowest BCUT2D eigenvalue weighted by Crippen LogP contribution is -2.48. The number of piperazine rings is 1. The minimum Gasteiger partial charge on any atom is -0.368 e. The van der Waals surface area contributed by atoms with E-state index in [9.17, 15) is 19.7 Å². The second kappa shape index (κ2) is 5.90. The van der Waals surface area contributed by atoms with Crippen molar-refractivity contribution in [2.24, 2.45) is 0 Å². The summed E-state index contributed by atoms with van der Waals surface area (Å²) in [5, 5.41) is 11.1. The molecule has 2 rings (SSSR count). The van der Waals surface area contributed by atoms with E-state index in [-0.39, 0.29) is 22.9 Å². The summed E-state index contributed by atoms with van der Waals surface area (Å²) in [4.78, 5) is 37.0. The van der Waals surface area contributed by atoms with E-state index in [0.29, 0.717) is 31.9 Å². The van der Waals surface area contributed by atoms with Crippen LogP contribution in [0.25, 0.3) is 0 Å². The van der Waals surface area contributed by atoms with Crippen molar-refractivity contribution < 1.29 is 14.5 Å². The van der Waals surface area contributed by atoms with Gasteiger partial charge in [0.15, 0.2) is 5.78 Å². The number of nitro groups is 1. The first-order chi connectivity index (χ1) is 9.90. The molecule has 0 unspecified atom stereocenters. The Morgan fingerprint density at radius 1 is 1.14 bits per heavy atom. The number of rotatable bonds is 3. The molecule has 0 aliphatic carbocycles. The molecule has 1 amide bonds. The summed E-state index contributed by atoms with van der Waals surface area (Å²) in [6.45, 7) is 5.28. The average molecular weight is 291 g/mol. The predicted molar refractivity (Wildman–Crippen MR) is 77.6 cm³/mol. The molecule has 1 aliphatic rings. The fraction of sp³-hybridized carbons (Fsp3) is 0.429. The zero-order valence-corrected chi connectivity index (χ0v) is 12.0. The summed E-state index contributed by atoms with van der Waals surface area (Å²) < 4.78 is 0. The highest BCUT2D eigenvalue weighted by Gasteiger charge is 2.23. The number of nitro benzene ring substituents is 1. The van der Waals surface area contributed by atoms with Gasteiger partial charge >= 0.3 is 0 Å². The van der Waals surface area contributed by atoms with E-state index >= 15 is 0 Å². The Hall–Kier alpha value is -2.44. The molecule has 0 aromatic heterocycles. The van der Waals surface area contributed by atoms with Crippen LogP contribution in [0.3, 0.4) is 0 Å². The molecule has 0 bridgehead atoms. The smallest absolute Gasteiger partial charge is 0.282 e. The van der Waals surface area contributed by atoms with Crippen LogP contribution in [0.15, 0.2) is 18.2 Å². The van der Waals surface area contributed by atoms with Gasteiger partial charge in [-0.15, -0.1) is 0 Å². The van der Waals surface area contributed by atoms with E-state index < -0.39 is 4.92 Å². The second-order valence-corrected chi connectivity index (χ2v) is 5.01. The first kappa shape index (κ1) is 15.0. The lowest BCUT2D eigenvalue weighted by atomic mass is 10.1. The largest absolute Gasteiger partial charge is 0.368 e. The number of anilines is 1. The van der Waals surface area contributed by atoms with Gasteiger partial charge in [-0.2, -0.15) is 0 Å². The van der Waals surface area contributed by atoms with Gasteiger partial charge < -0.3 is 9.80 Å². The SMILES string of the molecule is CC(=O)c1ccc(N2CCN(C(C)=O)CC2)cc1[N+](=O)[O-]. The number of carbonyl (C=O) groups excluding carboxylic acids is 2. The molecule has 0 radical (unpaired) electrons. The van der Waals surface area contributed by atoms with Crippen molar-refractivity contribution in [2.45, 2.75) is 13.8 Å². The molecule has 7 heteroatoms. The number of Topliss-reactive ketones (excluding diaryl/α,β-unsaturated/α-hetero) is 1. The number of hydrogen-bond donors (Lipinski definition) is 0. The van der Waals surface area contributed by atoms with Gasteiger partial charge in [-0.25, -0.2) is 0 Å². The molecule has 7 nitrogen and oxygen atoms in total. The van der Waals surface area contributed by atoms with Crippen LogP contribution in [0.2, 0.25) is 0 Å². The van der Waals surface area contributed by atoms with E-state index in [1.807, 2.05) is 4.90 Å². The summed E-state index contributed by atoms with van der Waals surface area (Å²) in [5.41, 5.74) is 0.648. The van der Waals surface area contributed by atoms with E-state index in [2.05, 4.69) is 0 Å². The van der Waals surface area contributed by atoms with Crippen LogP contribution in [-0.4, -0.2) is 47.7 Å². The number of benzene rings is 1. The summed E-state index contributed by atoms with van der Waals surface area (Å²) in [6.07, 6.45) is 0. The molecular formula is C14H17N3O4. The third-order valence-electron chi connectivity index (χ3n) is 3.65. The molecule has 0 saturated carbocycles. The molecule has 112 valence electrons. The van der Waals surface area contributed by atoms with Gasteiger partial charge in [0.1, 0.15) is 0 Å². The van der Waals surface area contributed by atoms with E-state index in [0.717, 1.165) is 0 Å². The van der Waals surface area contributed by atoms with Crippen LogP contribution in [0.4, 0.5) is 11.4 Å². The first-order valence-electron chi connectivity index (χ1n) is 6.70. The van der Waals surface area contributed by atoms with Crippen molar-refractivity contribution in [1.82, 2.24) is 4.90 Å². The fourth-order valence-corrected chi connectivity index (χ4v) is 2.45. The highest BCUT2D eigenvalue weighted by Crippen LogP contribution is 2.26. The molecule has 1 fully saturated rings. The van der Waals surface area contributed by atoms with Crippen molar-refractivity contribution in [3.05, 3.63) is 33.9 Å². The zero-order valence-electron chi connectivity index (χ0n) is 12.0. The van der Waals surface area contributed by atoms with Crippen molar-refractivity contribution >= 4 is 23.1 Å². The zero-order chi connectivity index (χ0) is 15.6. The van der Waals surface area contributed by atoms with Crippen LogP contribution in [0.1, 0.15) is 24.2 Å². The number of ketones is 1. The van der Waals surface area contributed by atoms with Crippen molar-refractivity contribution in [1.29, 1.82) is 0 Å².